The highest BCUT2D eigenvalue weighted by atomic mass is 16.5. The monoisotopic (exact) mass is 1130 g/mol. The lowest BCUT2D eigenvalue weighted by Gasteiger charge is -2.22. The van der Waals surface area contributed by atoms with Crippen molar-refractivity contribution in [2.45, 2.75) is 437 Å². The highest BCUT2D eigenvalue weighted by molar-refractivity contribution is 5.76. The molecule has 0 aromatic carbocycles. The maximum Gasteiger partial charge on any atom is 0.305 e. The van der Waals surface area contributed by atoms with E-state index in [0.717, 1.165) is 44.9 Å². The predicted octanol–water partition coefficient (Wildman–Crippen LogP) is 23.9. The topological polar surface area (TPSA) is 95.9 Å². The van der Waals surface area contributed by atoms with Gasteiger partial charge in [0.1, 0.15) is 0 Å². The fourth-order valence-electron chi connectivity index (χ4n) is 11.9. The van der Waals surface area contributed by atoms with Crippen molar-refractivity contribution in [1.82, 2.24) is 5.32 Å². The molecule has 0 fully saturated rings. The third-order valence-corrected chi connectivity index (χ3v) is 17.6. The Labute approximate surface area is 501 Å². The van der Waals surface area contributed by atoms with Crippen molar-refractivity contribution in [3.8, 4) is 0 Å². The number of carbonyl (C=O) groups is 2. The normalized spacial score (nSPS) is 12.5. The SMILES string of the molecule is CCCCCCCC/C=C\CCCCCCCCCCCC(=O)OCCCCCCCCCCCCCCCCCCCCCCCC(=O)NC(CO)C(O)CCCCCCCCCCCCCCCCCCCCCCCCC. The molecule has 6 heteroatoms. The fourth-order valence-corrected chi connectivity index (χ4v) is 11.9. The number of hydrogen-bond donors (Lipinski definition) is 3. The van der Waals surface area contributed by atoms with Gasteiger partial charge in [0, 0.05) is 12.8 Å². The Hall–Kier alpha value is -1.40. The molecule has 0 rings (SSSR count). The van der Waals surface area contributed by atoms with Crippen LogP contribution in [-0.4, -0.2) is 47.4 Å². The molecule has 0 aliphatic rings. The molecule has 0 aliphatic carbocycles. The number of nitrogens with one attached hydrogen (secondary N) is 1. The summed E-state index contributed by atoms with van der Waals surface area (Å²) in [6, 6.07) is -0.543. The van der Waals surface area contributed by atoms with E-state index in [4.69, 9.17) is 4.74 Å². The molecule has 0 heterocycles. The second-order valence-corrected chi connectivity index (χ2v) is 25.6. The molecule has 0 aromatic heterocycles. The van der Waals surface area contributed by atoms with E-state index in [9.17, 15) is 19.8 Å². The number of aliphatic hydroxyl groups is 2. The number of carbonyl (C=O) groups excluding carboxylic acids is 2. The van der Waals surface area contributed by atoms with Crippen LogP contribution >= 0.6 is 0 Å². The van der Waals surface area contributed by atoms with Gasteiger partial charge in [-0.05, 0) is 51.4 Å². The van der Waals surface area contributed by atoms with E-state index in [1.807, 2.05) is 0 Å². The maximum atomic E-state index is 12.6. The first-order valence-corrected chi connectivity index (χ1v) is 36.9. The van der Waals surface area contributed by atoms with Crippen LogP contribution < -0.4 is 5.32 Å². The lowest BCUT2D eigenvalue weighted by atomic mass is 10.0. The smallest absolute Gasteiger partial charge is 0.305 e. The van der Waals surface area contributed by atoms with Crippen LogP contribution in [0.5, 0.6) is 0 Å². The van der Waals surface area contributed by atoms with Crippen molar-refractivity contribution in [2.24, 2.45) is 0 Å². The molecule has 6 nitrogen and oxygen atoms in total. The Bertz CT molecular complexity index is 1210. The zero-order valence-electron chi connectivity index (χ0n) is 54.6. The highest BCUT2D eigenvalue weighted by Gasteiger charge is 2.20. The van der Waals surface area contributed by atoms with Gasteiger partial charge in [-0.15, -0.1) is 0 Å². The van der Waals surface area contributed by atoms with Gasteiger partial charge < -0.3 is 20.3 Å². The van der Waals surface area contributed by atoms with E-state index in [0.29, 0.717) is 25.9 Å². The van der Waals surface area contributed by atoms with Gasteiger partial charge in [0.25, 0.3) is 0 Å². The van der Waals surface area contributed by atoms with Crippen LogP contribution in [0.15, 0.2) is 12.2 Å². The second-order valence-electron chi connectivity index (χ2n) is 25.6. The van der Waals surface area contributed by atoms with Crippen molar-refractivity contribution in [1.29, 1.82) is 0 Å². The van der Waals surface area contributed by atoms with Gasteiger partial charge in [-0.1, -0.05) is 373 Å². The molecule has 80 heavy (non-hydrogen) atoms. The molecule has 2 unspecified atom stereocenters. The molecule has 0 saturated carbocycles. The third kappa shape index (κ3) is 65.7. The van der Waals surface area contributed by atoms with Crippen LogP contribution in [0.2, 0.25) is 0 Å². The molecule has 1 amide bonds. The average Bonchev–Trinajstić information content (AvgIpc) is 3.46. The molecule has 0 bridgehead atoms. The first kappa shape index (κ1) is 78.6. The van der Waals surface area contributed by atoms with Crippen LogP contribution in [0, 0.1) is 0 Å². The molecule has 0 aromatic rings. The molecule has 0 spiro atoms. The summed E-state index contributed by atoms with van der Waals surface area (Å²) in [7, 11) is 0. The van der Waals surface area contributed by atoms with E-state index in [2.05, 4.69) is 31.3 Å². The number of aliphatic hydroxyl groups excluding tert-OH is 2. The van der Waals surface area contributed by atoms with Crippen molar-refractivity contribution in [3.05, 3.63) is 12.2 Å². The van der Waals surface area contributed by atoms with Crippen molar-refractivity contribution in [3.63, 3.8) is 0 Å². The number of unbranched alkanes of at least 4 members (excludes halogenated alkanes) is 57. The van der Waals surface area contributed by atoms with Gasteiger partial charge in [0.2, 0.25) is 5.91 Å². The Kier molecular flexibility index (Phi) is 68.9. The minimum Gasteiger partial charge on any atom is -0.466 e. The van der Waals surface area contributed by atoms with Crippen molar-refractivity contribution < 1.29 is 24.5 Å². The van der Waals surface area contributed by atoms with Crippen LogP contribution in [0.1, 0.15) is 425 Å². The average molecular weight is 1130 g/mol. The van der Waals surface area contributed by atoms with Gasteiger partial charge in [-0.2, -0.15) is 0 Å². The summed E-state index contributed by atoms with van der Waals surface area (Å²) in [6.07, 6.45) is 86.9. The van der Waals surface area contributed by atoms with E-state index in [1.165, 1.54) is 347 Å². The number of ether oxygens (including phenoxy) is 1. The minimum absolute atomic E-state index is 0.0132. The third-order valence-electron chi connectivity index (χ3n) is 17.6. The molecule has 2 atom stereocenters. The molecular formula is C74H145NO5. The van der Waals surface area contributed by atoms with Gasteiger partial charge in [-0.3, -0.25) is 9.59 Å². The van der Waals surface area contributed by atoms with Gasteiger partial charge in [0.05, 0.1) is 25.4 Å². The molecular weight excluding hydrogens is 983 g/mol. The Morgan fingerprint density at radius 2 is 0.588 bits per heavy atom. The Morgan fingerprint density at radius 1 is 0.338 bits per heavy atom. The van der Waals surface area contributed by atoms with Crippen LogP contribution in [-0.2, 0) is 14.3 Å². The minimum atomic E-state index is -0.666. The summed E-state index contributed by atoms with van der Waals surface area (Å²) in [5, 5.41) is 23.5. The molecule has 0 aliphatic heterocycles. The summed E-state index contributed by atoms with van der Waals surface area (Å²) in [4.78, 5) is 24.7. The van der Waals surface area contributed by atoms with Crippen LogP contribution in [0.4, 0.5) is 0 Å². The predicted molar refractivity (Wildman–Crippen MR) is 352 cm³/mol. The van der Waals surface area contributed by atoms with Gasteiger partial charge in [0.15, 0.2) is 0 Å². The zero-order valence-corrected chi connectivity index (χ0v) is 54.6. The molecule has 0 radical (unpaired) electrons. The largest absolute Gasteiger partial charge is 0.466 e. The van der Waals surface area contributed by atoms with E-state index in [-0.39, 0.29) is 18.5 Å². The second kappa shape index (κ2) is 70.1. The van der Waals surface area contributed by atoms with Gasteiger partial charge in [-0.25, -0.2) is 0 Å². The van der Waals surface area contributed by atoms with Gasteiger partial charge >= 0.3 is 5.97 Å². The first-order chi connectivity index (χ1) is 39.5. The summed E-state index contributed by atoms with van der Waals surface area (Å²) in [5.74, 6) is -0.0172. The summed E-state index contributed by atoms with van der Waals surface area (Å²) >= 11 is 0. The molecule has 0 saturated heterocycles. The number of hydrogen-bond acceptors (Lipinski definition) is 5. The lowest BCUT2D eigenvalue weighted by molar-refractivity contribution is -0.143. The number of amides is 1. The van der Waals surface area contributed by atoms with E-state index < -0.39 is 12.1 Å². The fraction of sp³-hybridized carbons (Fsp3) is 0.946. The Morgan fingerprint density at radius 3 is 0.887 bits per heavy atom. The Balaban J connectivity index is 3.37. The summed E-state index contributed by atoms with van der Waals surface area (Å²) < 4.78 is 5.51. The molecule has 3 N–H and O–H groups in total. The summed E-state index contributed by atoms with van der Waals surface area (Å²) in [5.41, 5.74) is 0. The van der Waals surface area contributed by atoms with Crippen LogP contribution in [0.3, 0.4) is 0 Å². The number of rotatable bonds is 70. The van der Waals surface area contributed by atoms with Crippen molar-refractivity contribution >= 4 is 11.9 Å². The molecule has 476 valence electrons. The van der Waals surface area contributed by atoms with E-state index >= 15 is 0 Å². The quantitative estimate of drug-likeness (QED) is 0.0320. The van der Waals surface area contributed by atoms with E-state index in [1.54, 1.807) is 0 Å². The van der Waals surface area contributed by atoms with Crippen LogP contribution in [0.25, 0.3) is 0 Å². The standard InChI is InChI=1S/C74H145NO5/c1-3-5-7-9-11-13-15-17-19-21-23-24-25-27-31-34-38-42-46-50-54-58-62-66-72(77)71(70-76)75-73(78)67-63-59-55-51-47-43-39-35-32-28-26-29-33-37-41-45-49-53-57-61-65-69-80-74(79)68-64-60-56-52-48-44-40-36-30-22-20-18-16-14-12-10-8-6-4-2/h18,20,71-72,76-77H,3-17,19,21-70H2,1-2H3,(H,75,78)/b20-18-. The first-order valence-electron chi connectivity index (χ1n) is 36.9. The number of esters is 1. The lowest BCUT2D eigenvalue weighted by Crippen LogP contribution is -2.45. The maximum absolute atomic E-state index is 12.6. The highest BCUT2D eigenvalue weighted by Crippen LogP contribution is 2.20. The summed E-state index contributed by atoms with van der Waals surface area (Å²) in [6.45, 7) is 5.00. The van der Waals surface area contributed by atoms with Crippen molar-refractivity contribution in [2.75, 3.05) is 13.2 Å². The number of allylic oxidation sites excluding steroid dienone is 2. The zero-order chi connectivity index (χ0) is 57.8.